The number of halogens is 1. The highest BCUT2D eigenvalue weighted by atomic mass is 35.5. The Morgan fingerprint density at radius 1 is 1.36 bits per heavy atom. The zero-order valence-corrected chi connectivity index (χ0v) is 13.4. The maximum Gasteiger partial charge on any atom is 0.216 e. The number of nitrogens with zero attached hydrogens (tertiary/aromatic N) is 3. The Morgan fingerprint density at radius 3 is 2.95 bits per heavy atom. The van der Waals surface area contributed by atoms with Crippen LogP contribution in [-0.4, -0.2) is 21.1 Å². The van der Waals surface area contributed by atoms with Gasteiger partial charge in [-0.25, -0.2) is 0 Å². The first-order valence-electron chi connectivity index (χ1n) is 6.74. The Labute approximate surface area is 137 Å². The van der Waals surface area contributed by atoms with E-state index in [1.165, 1.54) is 0 Å². The highest BCUT2D eigenvalue weighted by Crippen LogP contribution is 2.28. The predicted molar refractivity (Wildman–Crippen MR) is 88.9 cm³/mol. The first-order valence-corrected chi connectivity index (χ1v) is 7.53. The molecule has 2 aromatic heterocycles. The third kappa shape index (κ3) is 2.88. The molecule has 0 radical (unpaired) electrons. The molecule has 0 aliphatic carbocycles. The van der Waals surface area contributed by atoms with E-state index in [0.29, 0.717) is 21.3 Å². The largest absolute Gasteiger partial charge is 0.455 e. The molecule has 0 atom stereocenters. The van der Waals surface area contributed by atoms with E-state index < -0.39 is 0 Å². The summed E-state index contributed by atoms with van der Waals surface area (Å²) in [6.07, 6.45) is 2.33. The molecule has 3 aromatic rings. The van der Waals surface area contributed by atoms with Gasteiger partial charge in [-0.1, -0.05) is 30.7 Å². The zero-order chi connectivity index (χ0) is 15.5. The molecular weight excluding hydrogens is 320 g/mol. The van der Waals surface area contributed by atoms with Crippen molar-refractivity contribution in [3.05, 3.63) is 57.8 Å². The van der Waals surface area contributed by atoms with Gasteiger partial charge in [0.1, 0.15) is 11.5 Å². The van der Waals surface area contributed by atoms with Gasteiger partial charge in [-0.2, -0.15) is 14.9 Å². The van der Waals surface area contributed by atoms with Crippen LogP contribution in [0, 0.1) is 4.77 Å². The van der Waals surface area contributed by atoms with Gasteiger partial charge in [-0.05, 0) is 36.5 Å². The second kappa shape index (κ2) is 6.29. The predicted octanol–water partition coefficient (Wildman–Crippen LogP) is 4.30. The topological polar surface area (TPSA) is 59.1 Å². The van der Waals surface area contributed by atoms with Crippen molar-refractivity contribution in [1.82, 2.24) is 14.9 Å². The number of hydrogen-bond donors (Lipinski definition) is 1. The van der Waals surface area contributed by atoms with Crippen LogP contribution in [0.1, 0.15) is 18.5 Å². The van der Waals surface area contributed by atoms with Crippen LogP contribution >= 0.6 is 23.8 Å². The van der Waals surface area contributed by atoms with E-state index >= 15 is 0 Å². The molecule has 112 valence electrons. The monoisotopic (exact) mass is 332 g/mol. The van der Waals surface area contributed by atoms with E-state index in [4.69, 9.17) is 28.2 Å². The summed E-state index contributed by atoms with van der Waals surface area (Å²) in [5.74, 6) is 2.07. The number of rotatable bonds is 4. The van der Waals surface area contributed by atoms with Gasteiger partial charge in [0.15, 0.2) is 5.82 Å². The molecule has 0 saturated heterocycles. The molecule has 7 heteroatoms. The van der Waals surface area contributed by atoms with Gasteiger partial charge in [0.05, 0.1) is 11.2 Å². The normalized spacial score (nSPS) is 11.4. The molecule has 0 saturated carbocycles. The van der Waals surface area contributed by atoms with Crippen LogP contribution in [-0.2, 0) is 6.42 Å². The Morgan fingerprint density at radius 2 is 2.18 bits per heavy atom. The van der Waals surface area contributed by atoms with Crippen molar-refractivity contribution in [2.45, 2.75) is 13.3 Å². The fourth-order valence-electron chi connectivity index (χ4n) is 2.01. The van der Waals surface area contributed by atoms with E-state index in [1.807, 2.05) is 43.3 Å². The van der Waals surface area contributed by atoms with Gasteiger partial charge in [0.25, 0.3) is 0 Å². The summed E-state index contributed by atoms with van der Waals surface area (Å²) in [5.41, 5.74) is 0.845. The quantitative estimate of drug-likeness (QED) is 0.572. The molecule has 0 amide bonds. The second-order valence-corrected chi connectivity index (χ2v) is 5.33. The summed E-state index contributed by atoms with van der Waals surface area (Å²) in [6, 6.07) is 11.2. The molecule has 0 spiro atoms. The minimum Gasteiger partial charge on any atom is -0.455 e. The fraction of sp³-hybridized carbons (Fsp3) is 0.133. The van der Waals surface area contributed by atoms with Crippen molar-refractivity contribution in [2.24, 2.45) is 5.10 Å². The Hall–Kier alpha value is -2.18. The number of aryl methyl sites for hydroxylation is 1. The van der Waals surface area contributed by atoms with Crippen LogP contribution in [0.15, 0.2) is 45.9 Å². The number of furan rings is 1. The van der Waals surface area contributed by atoms with Gasteiger partial charge < -0.3 is 4.42 Å². The number of H-pyrrole nitrogens is 1. The highest BCUT2D eigenvalue weighted by molar-refractivity contribution is 7.71. The molecule has 3 rings (SSSR count). The zero-order valence-electron chi connectivity index (χ0n) is 11.8. The van der Waals surface area contributed by atoms with Crippen LogP contribution < -0.4 is 0 Å². The lowest BCUT2D eigenvalue weighted by molar-refractivity contribution is 0.574. The smallest absolute Gasteiger partial charge is 0.216 e. The Bertz CT molecular complexity index is 878. The lowest BCUT2D eigenvalue weighted by Crippen LogP contribution is -1.96. The van der Waals surface area contributed by atoms with Gasteiger partial charge in [0, 0.05) is 12.0 Å². The molecule has 22 heavy (non-hydrogen) atoms. The van der Waals surface area contributed by atoms with Gasteiger partial charge in [-0.15, -0.1) is 0 Å². The maximum atomic E-state index is 6.16. The van der Waals surface area contributed by atoms with Crippen LogP contribution in [0.2, 0.25) is 5.02 Å². The molecule has 0 bridgehead atoms. The van der Waals surface area contributed by atoms with Gasteiger partial charge in [-0.3, -0.25) is 5.10 Å². The van der Waals surface area contributed by atoms with Crippen LogP contribution in [0.5, 0.6) is 0 Å². The number of aromatic nitrogens is 3. The van der Waals surface area contributed by atoms with Crippen LogP contribution in [0.3, 0.4) is 0 Å². The van der Waals surface area contributed by atoms with E-state index in [0.717, 1.165) is 17.8 Å². The summed E-state index contributed by atoms with van der Waals surface area (Å²) in [7, 11) is 0. The van der Waals surface area contributed by atoms with Crippen LogP contribution in [0.4, 0.5) is 0 Å². The molecule has 1 N–H and O–H groups in total. The number of benzene rings is 1. The van der Waals surface area contributed by atoms with Gasteiger partial charge in [0.2, 0.25) is 4.77 Å². The second-order valence-electron chi connectivity index (χ2n) is 4.54. The molecule has 1 aromatic carbocycles. The lowest BCUT2D eigenvalue weighted by Gasteiger charge is -1.99. The number of aromatic amines is 1. The van der Waals surface area contributed by atoms with E-state index in [9.17, 15) is 0 Å². The van der Waals surface area contributed by atoms with Gasteiger partial charge >= 0.3 is 0 Å². The third-order valence-corrected chi connectivity index (χ3v) is 3.69. The average molecular weight is 333 g/mol. The molecule has 5 nitrogen and oxygen atoms in total. The van der Waals surface area contributed by atoms with Crippen molar-refractivity contribution in [2.75, 3.05) is 0 Å². The first kappa shape index (κ1) is 14.7. The van der Waals surface area contributed by atoms with Crippen LogP contribution in [0.25, 0.3) is 11.3 Å². The highest BCUT2D eigenvalue weighted by Gasteiger charge is 2.07. The molecule has 0 fully saturated rings. The molecule has 0 unspecified atom stereocenters. The summed E-state index contributed by atoms with van der Waals surface area (Å²) in [4.78, 5) is 0. The summed E-state index contributed by atoms with van der Waals surface area (Å²) in [6.45, 7) is 1.99. The Balaban J connectivity index is 1.89. The van der Waals surface area contributed by atoms with Crippen molar-refractivity contribution < 1.29 is 4.42 Å². The van der Waals surface area contributed by atoms with E-state index in [-0.39, 0.29) is 0 Å². The first-order chi connectivity index (χ1) is 10.7. The molecular formula is C15H13ClN4OS. The average Bonchev–Trinajstić information content (AvgIpc) is 3.12. The standard InChI is InChI=1S/C15H13ClN4OS/c1-2-14-18-19-15(22)20(14)17-9-10-7-8-13(21-10)11-5-3-4-6-12(11)16/h3-9H,2H2,1H3,(H,19,22)/b17-9+. The third-order valence-electron chi connectivity index (χ3n) is 3.10. The number of hydrogen-bond acceptors (Lipinski definition) is 4. The summed E-state index contributed by atoms with van der Waals surface area (Å²) in [5, 5.41) is 11.8. The van der Waals surface area contributed by atoms with Crippen molar-refractivity contribution in [1.29, 1.82) is 0 Å². The minimum absolute atomic E-state index is 0.450. The Kier molecular flexibility index (Phi) is 4.22. The minimum atomic E-state index is 0.450. The van der Waals surface area contributed by atoms with E-state index in [1.54, 1.807) is 10.9 Å². The molecule has 2 heterocycles. The SMILES string of the molecule is CCc1n[nH]c(=S)n1/N=C/c1ccc(-c2ccccc2Cl)o1. The van der Waals surface area contributed by atoms with Crippen molar-refractivity contribution in [3.63, 3.8) is 0 Å². The number of nitrogens with one attached hydrogen (secondary N) is 1. The van der Waals surface area contributed by atoms with Crippen molar-refractivity contribution in [3.8, 4) is 11.3 Å². The molecule has 0 aliphatic rings. The molecule has 0 aliphatic heterocycles. The van der Waals surface area contributed by atoms with Crippen molar-refractivity contribution >= 4 is 30.0 Å². The lowest BCUT2D eigenvalue weighted by atomic mass is 10.2. The summed E-state index contributed by atoms with van der Waals surface area (Å²) >= 11 is 11.3. The maximum absolute atomic E-state index is 6.16. The van der Waals surface area contributed by atoms with E-state index in [2.05, 4.69) is 15.3 Å². The fourth-order valence-corrected chi connectivity index (χ4v) is 2.44. The summed E-state index contributed by atoms with van der Waals surface area (Å²) < 4.78 is 7.78.